The quantitative estimate of drug-likeness (QED) is 0.367. The average Bonchev–Trinajstić information content (AvgIpc) is 2.66. The molecular formula is C12H25N5. The molecule has 0 aromatic carbocycles. The van der Waals surface area contributed by atoms with E-state index >= 15 is 0 Å². The molecule has 1 aromatic rings. The van der Waals surface area contributed by atoms with E-state index in [1.165, 1.54) is 32.1 Å². The number of hydrogen-bond acceptors (Lipinski definition) is 4. The van der Waals surface area contributed by atoms with E-state index in [0.29, 0.717) is 5.82 Å². The summed E-state index contributed by atoms with van der Waals surface area (Å²) in [7, 11) is 1.84. The minimum absolute atomic E-state index is 0.116. The summed E-state index contributed by atoms with van der Waals surface area (Å²) in [5.41, 5.74) is 9.77. The fourth-order valence-electron chi connectivity index (χ4n) is 2.01. The highest BCUT2D eigenvalue weighted by molar-refractivity contribution is 5.40. The van der Waals surface area contributed by atoms with E-state index in [-0.39, 0.29) is 6.04 Å². The predicted molar refractivity (Wildman–Crippen MR) is 71.1 cm³/mol. The van der Waals surface area contributed by atoms with Crippen LogP contribution >= 0.6 is 0 Å². The fourth-order valence-corrected chi connectivity index (χ4v) is 2.01. The van der Waals surface area contributed by atoms with Crippen LogP contribution in [0.25, 0.3) is 0 Å². The third-order valence-electron chi connectivity index (χ3n) is 3.19. The van der Waals surface area contributed by atoms with Crippen molar-refractivity contribution in [2.24, 2.45) is 12.9 Å². The molecule has 0 fully saturated rings. The van der Waals surface area contributed by atoms with Crippen LogP contribution in [0.2, 0.25) is 0 Å². The number of anilines is 1. The van der Waals surface area contributed by atoms with E-state index in [0.717, 1.165) is 12.0 Å². The highest BCUT2D eigenvalue weighted by atomic mass is 15.3. The van der Waals surface area contributed by atoms with Crippen LogP contribution in [0.3, 0.4) is 0 Å². The minimum atomic E-state index is 0.116. The van der Waals surface area contributed by atoms with Crippen LogP contribution < -0.4 is 17.0 Å². The minimum Gasteiger partial charge on any atom is -0.384 e. The molecule has 0 aliphatic rings. The molecule has 0 aliphatic heterocycles. The lowest BCUT2D eigenvalue weighted by atomic mass is 10.0. The van der Waals surface area contributed by atoms with Crippen molar-refractivity contribution in [1.82, 2.24) is 15.2 Å². The monoisotopic (exact) mass is 239 g/mol. The van der Waals surface area contributed by atoms with Crippen molar-refractivity contribution in [3.8, 4) is 0 Å². The molecule has 0 spiro atoms. The summed E-state index contributed by atoms with van der Waals surface area (Å²) in [5, 5.41) is 4.14. The van der Waals surface area contributed by atoms with Gasteiger partial charge in [-0.25, -0.2) is 0 Å². The van der Waals surface area contributed by atoms with Gasteiger partial charge in [-0.15, -0.1) is 0 Å². The average molecular weight is 239 g/mol. The maximum atomic E-state index is 5.94. The Hall–Kier alpha value is -1.07. The van der Waals surface area contributed by atoms with Crippen molar-refractivity contribution in [2.75, 3.05) is 5.73 Å². The van der Waals surface area contributed by atoms with Crippen LogP contribution in [0.1, 0.15) is 57.1 Å². The SMILES string of the molecule is CCCCCCCC(NN)c1cnn(C)c1N. The molecule has 1 rings (SSSR count). The van der Waals surface area contributed by atoms with Crippen molar-refractivity contribution in [3.63, 3.8) is 0 Å². The second-order valence-electron chi connectivity index (χ2n) is 4.53. The second kappa shape index (κ2) is 7.29. The van der Waals surface area contributed by atoms with Gasteiger partial charge in [-0.2, -0.15) is 5.10 Å². The van der Waals surface area contributed by atoms with Gasteiger partial charge >= 0.3 is 0 Å². The van der Waals surface area contributed by atoms with Gasteiger partial charge in [0.05, 0.1) is 12.2 Å². The van der Waals surface area contributed by atoms with E-state index in [1.807, 2.05) is 7.05 Å². The van der Waals surface area contributed by atoms with E-state index in [2.05, 4.69) is 17.4 Å². The second-order valence-corrected chi connectivity index (χ2v) is 4.53. The van der Waals surface area contributed by atoms with E-state index in [4.69, 9.17) is 11.6 Å². The maximum absolute atomic E-state index is 5.94. The van der Waals surface area contributed by atoms with Gasteiger partial charge in [-0.1, -0.05) is 39.0 Å². The summed E-state index contributed by atoms with van der Waals surface area (Å²) in [4.78, 5) is 0. The first kappa shape index (κ1) is 14.0. The van der Waals surface area contributed by atoms with Crippen molar-refractivity contribution < 1.29 is 0 Å². The fraction of sp³-hybridized carbons (Fsp3) is 0.750. The number of nitrogens with zero attached hydrogens (tertiary/aromatic N) is 2. The van der Waals surface area contributed by atoms with Gasteiger partial charge in [-0.3, -0.25) is 16.0 Å². The molecule has 0 bridgehead atoms. The Morgan fingerprint density at radius 2 is 2.06 bits per heavy atom. The number of rotatable bonds is 8. The largest absolute Gasteiger partial charge is 0.384 e. The first-order chi connectivity index (χ1) is 8.20. The van der Waals surface area contributed by atoms with E-state index < -0.39 is 0 Å². The third kappa shape index (κ3) is 4.02. The molecule has 1 unspecified atom stereocenters. The summed E-state index contributed by atoms with van der Waals surface area (Å²) in [6, 6.07) is 0.116. The van der Waals surface area contributed by atoms with Crippen LogP contribution in [0.15, 0.2) is 6.20 Å². The number of hydrazine groups is 1. The van der Waals surface area contributed by atoms with Crippen LogP contribution in [0, 0.1) is 0 Å². The van der Waals surface area contributed by atoms with Crippen molar-refractivity contribution in [3.05, 3.63) is 11.8 Å². The first-order valence-corrected chi connectivity index (χ1v) is 6.44. The molecule has 0 amide bonds. The zero-order valence-corrected chi connectivity index (χ0v) is 10.9. The van der Waals surface area contributed by atoms with Gasteiger partial charge in [0.15, 0.2) is 0 Å². The van der Waals surface area contributed by atoms with Gasteiger partial charge in [0.1, 0.15) is 5.82 Å². The van der Waals surface area contributed by atoms with Crippen LogP contribution in [-0.4, -0.2) is 9.78 Å². The molecule has 0 saturated carbocycles. The number of unbranched alkanes of at least 4 members (excludes halogenated alkanes) is 4. The molecule has 0 radical (unpaired) electrons. The predicted octanol–water partition coefficient (Wildman–Crippen LogP) is 1.87. The van der Waals surface area contributed by atoms with E-state index in [1.54, 1.807) is 10.9 Å². The summed E-state index contributed by atoms with van der Waals surface area (Å²) < 4.78 is 1.68. The molecule has 1 heterocycles. The zero-order valence-electron chi connectivity index (χ0n) is 10.9. The number of hydrogen-bond donors (Lipinski definition) is 3. The zero-order chi connectivity index (χ0) is 12.7. The Bertz CT molecular complexity index is 321. The van der Waals surface area contributed by atoms with Crippen LogP contribution in [0.5, 0.6) is 0 Å². The Kier molecular flexibility index (Phi) is 6.00. The summed E-state index contributed by atoms with van der Waals surface area (Å²) in [6.45, 7) is 2.22. The van der Waals surface area contributed by atoms with Crippen LogP contribution in [0.4, 0.5) is 5.82 Å². The van der Waals surface area contributed by atoms with Crippen LogP contribution in [-0.2, 0) is 7.05 Å². The number of nitrogens with one attached hydrogen (secondary N) is 1. The van der Waals surface area contributed by atoms with E-state index in [9.17, 15) is 0 Å². The normalized spacial score (nSPS) is 12.9. The van der Waals surface area contributed by atoms with Crippen molar-refractivity contribution in [1.29, 1.82) is 0 Å². The molecule has 17 heavy (non-hydrogen) atoms. The molecule has 98 valence electrons. The van der Waals surface area contributed by atoms with Gasteiger partial charge < -0.3 is 5.73 Å². The number of aryl methyl sites for hydroxylation is 1. The summed E-state index contributed by atoms with van der Waals surface area (Å²) >= 11 is 0. The lowest BCUT2D eigenvalue weighted by Gasteiger charge is -2.15. The Balaban J connectivity index is 2.41. The Morgan fingerprint density at radius 3 is 2.59 bits per heavy atom. The smallest absolute Gasteiger partial charge is 0.126 e. The van der Waals surface area contributed by atoms with Gasteiger partial charge in [0.2, 0.25) is 0 Å². The highest BCUT2D eigenvalue weighted by Gasteiger charge is 2.15. The first-order valence-electron chi connectivity index (χ1n) is 6.44. The molecule has 0 aliphatic carbocycles. The lowest BCUT2D eigenvalue weighted by Crippen LogP contribution is -2.28. The molecule has 5 heteroatoms. The maximum Gasteiger partial charge on any atom is 0.126 e. The highest BCUT2D eigenvalue weighted by Crippen LogP contribution is 2.23. The summed E-state index contributed by atoms with van der Waals surface area (Å²) in [6.07, 6.45) is 9.12. The Morgan fingerprint density at radius 1 is 1.35 bits per heavy atom. The number of nitrogens with two attached hydrogens (primary N) is 2. The molecule has 5 nitrogen and oxygen atoms in total. The molecule has 1 atom stereocenters. The number of aromatic nitrogens is 2. The molecule has 1 aromatic heterocycles. The van der Waals surface area contributed by atoms with Gasteiger partial charge in [-0.05, 0) is 6.42 Å². The van der Waals surface area contributed by atoms with Gasteiger partial charge in [0.25, 0.3) is 0 Å². The number of nitrogen functional groups attached to an aromatic ring is 1. The molecular weight excluding hydrogens is 214 g/mol. The molecule has 5 N–H and O–H groups in total. The third-order valence-corrected chi connectivity index (χ3v) is 3.19. The molecule has 0 saturated heterocycles. The van der Waals surface area contributed by atoms with Gasteiger partial charge in [0, 0.05) is 12.6 Å². The van der Waals surface area contributed by atoms with Crippen molar-refractivity contribution >= 4 is 5.82 Å². The van der Waals surface area contributed by atoms with Crippen molar-refractivity contribution in [2.45, 2.75) is 51.5 Å². The standard InChI is InChI=1S/C12H25N5/c1-3-4-5-6-7-8-11(16-14)10-9-15-17(2)12(10)13/h9,11,16H,3-8,13-14H2,1-2H3. The topological polar surface area (TPSA) is 81.9 Å². The lowest BCUT2D eigenvalue weighted by molar-refractivity contribution is 0.480. The summed E-state index contributed by atoms with van der Waals surface area (Å²) in [5.74, 6) is 6.28. The Labute approximate surface area is 104 Å².